The molecule has 0 aliphatic carbocycles. The fraction of sp³-hybridized carbons (Fsp3) is 0. The number of nitriles is 1. The maximum Gasteiger partial charge on any atom is 0.220 e. The summed E-state index contributed by atoms with van der Waals surface area (Å²) in [6.45, 7) is 0. The Morgan fingerprint density at radius 2 is 2.06 bits per heavy atom. The van der Waals surface area contributed by atoms with E-state index in [0.717, 1.165) is 6.07 Å². The molecule has 0 radical (unpaired) electrons. The lowest BCUT2D eigenvalue weighted by Crippen LogP contribution is -1.94. The average molecular weight is 311 g/mol. The number of hydrogen-bond acceptors (Lipinski definition) is 3. The number of aromatic nitrogens is 1. The van der Waals surface area contributed by atoms with E-state index in [1.165, 1.54) is 24.4 Å². The Morgan fingerprint density at radius 3 is 2.78 bits per heavy atom. The number of benzene rings is 1. The van der Waals surface area contributed by atoms with Crippen molar-refractivity contribution in [3.05, 3.63) is 52.1 Å². The fourth-order valence-electron chi connectivity index (χ4n) is 1.25. The minimum atomic E-state index is -1.11. The zero-order valence-corrected chi connectivity index (χ0v) is 10.4. The molecule has 2 aromatic rings. The Bertz CT molecular complexity index is 640. The van der Waals surface area contributed by atoms with Crippen LogP contribution < -0.4 is 4.74 Å². The molecule has 18 heavy (non-hydrogen) atoms. The van der Waals surface area contributed by atoms with Crippen LogP contribution in [-0.4, -0.2) is 4.98 Å². The number of nitrogens with zero attached hydrogens (tertiary/aromatic N) is 2. The summed E-state index contributed by atoms with van der Waals surface area (Å²) >= 11 is 3.03. The van der Waals surface area contributed by atoms with E-state index in [9.17, 15) is 8.78 Å². The highest BCUT2D eigenvalue weighted by Crippen LogP contribution is 2.28. The lowest BCUT2D eigenvalue weighted by Gasteiger charge is -2.07. The number of pyridine rings is 1. The van der Waals surface area contributed by atoms with Crippen molar-refractivity contribution < 1.29 is 13.5 Å². The fourth-order valence-corrected chi connectivity index (χ4v) is 1.66. The number of rotatable bonds is 2. The molecule has 3 nitrogen and oxygen atoms in total. The molecule has 0 amide bonds. The number of ether oxygens (including phenoxy) is 1. The second-order valence-corrected chi connectivity index (χ2v) is 4.21. The number of halogens is 3. The Labute approximate surface area is 110 Å². The second-order valence-electron chi connectivity index (χ2n) is 3.30. The molecule has 1 aromatic carbocycles. The van der Waals surface area contributed by atoms with Crippen molar-refractivity contribution >= 4 is 15.9 Å². The van der Waals surface area contributed by atoms with Crippen molar-refractivity contribution in [3.8, 4) is 17.7 Å². The van der Waals surface area contributed by atoms with Crippen LogP contribution in [0.4, 0.5) is 8.78 Å². The molecule has 0 saturated carbocycles. The minimum Gasteiger partial charge on any atom is -0.436 e. The van der Waals surface area contributed by atoms with Gasteiger partial charge in [0.1, 0.15) is 0 Å². The molecule has 0 unspecified atom stereocenters. The third-order valence-electron chi connectivity index (χ3n) is 2.04. The maximum absolute atomic E-state index is 13.4. The first-order chi connectivity index (χ1) is 8.60. The van der Waals surface area contributed by atoms with E-state index in [2.05, 4.69) is 20.9 Å². The first-order valence-corrected chi connectivity index (χ1v) is 5.58. The largest absolute Gasteiger partial charge is 0.436 e. The Balaban J connectivity index is 2.37. The molecule has 0 fully saturated rings. The van der Waals surface area contributed by atoms with Crippen molar-refractivity contribution in [1.29, 1.82) is 5.26 Å². The van der Waals surface area contributed by atoms with Crippen molar-refractivity contribution in [1.82, 2.24) is 4.98 Å². The summed E-state index contributed by atoms with van der Waals surface area (Å²) in [6, 6.07) is 6.97. The van der Waals surface area contributed by atoms with E-state index < -0.39 is 11.6 Å². The molecular weight excluding hydrogens is 306 g/mol. The van der Waals surface area contributed by atoms with Crippen LogP contribution in [0.25, 0.3) is 0 Å². The van der Waals surface area contributed by atoms with E-state index in [1.54, 1.807) is 0 Å². The van der Waals surface area contributed by atoms with Gasteiger partial charge in [-0.1, -0.05) is 15.9 Å². The monoisotopic (exact) mass is 310 g/mol. The first-order valence-electron chi connectivity index (χ1n) is 4.78. The van der Waals surface area contributed by atoms with Gasteiger partial charge in [-0.2, -0.15) is 9.65 Å². The molecule has 0 atom stereocenters. The SMILES string of the molecule is N#Cc1ccnc(Oc2cc(Br)cc(F)c2F)c1. The zero-order valence-electron chi connectivity index (χ0n) is 8.82. The highest BCUT2D eigenvalue weighted by molar-refractivity contribution is 9.10. The van der Waals surface area contributed by atoms with Crippen LogP contribution in [0.15, 0.2) is 34.9 Å². The summed E-state index contributed by atoms with van der Waals surface area (Å²) in [5.41, 5.74) is 0.316. The summed E-state index contributed by atoms with van der Waals surface area (Å²) in [5, 5.41) is 8.70. The van der Waals surface area contributed by atoms with Crippen LogP contribution in [0.5, 0.6) is 11.6 Å². The van der Waals surface area contributed by atoms with Crippen LogP contribution in [0.3, 0.4) is 0 Å². The second kappa shape index (κ2) is 5.10. The van der Waals surface area contributed by atoms with Gasteiger partial charge in [-0.15, -0.1) is 0 Å². The lowest BCUT2D eigenvalue weighted by atomic mass is 10.3. The maximum atomic E-state index is 13.4. The Kier molecular flexibility index (Phi) is 3.53. The topological polar surface area (TPSA) is 45.9 Å². The molecule has 0 aliphatic heterocycles. The van der Waals surface area contributed by atoms with Gasteiger partial charge in [-0.05, 0) is 18.2 Å². The van der Waals surface area contributed by atoms with Crippen molar-refractivity contribution in [2.45, 2.75) is 0 Å². The van der Waals surface area contributed by atoms with Gasteiger partial charge in [-0.3, -0.25) is 0 Å². The lowest BCUT2D eigenvalue weighted by molar-refractivity contribution is 0.405. The van der Waals surface area contributed by atoms with Crippen molar-refractivity contribution in [2.24, 2.45) is 0 Å². The van der Waals surface area contributed by atoms with Crippen LogP contribution in [0.1, 0.15) is 5.56 Å². The van der Waals surface area contributed by atoms with Crippen LogP contribution in [-0.2, 0) is 0 Å². The van der Waals surface area contributed by atoms with Gasteiger partial charge in [0.05, 0.1) is 11.6 Å². The van der Waals surface area contributed by atoms with E-state index in [0.29, 0.717) is 10.0 Å². The zero-order chi connectivity index (χ0) is 13.1. The van der Waals surface area contributed by atoms with Crippen LogP contribution >= 0.6 is 15.9 Å². The first kappa shape index (κ1) is 12.5. The highest BCUT2D eigenvalue weighted by Gasteiger charge is 2.12. The van der Waals surface area contributed by atoms with Gasteiger partial charge in [-0.25, -0.2) is 9.37 Å². The standard InChI is InChI=1S/C12H5BrF2N2O/c13-8-4-9(14)12(15)10(5-8)18-11-3-7(6-16)1-2-17-11/h1-5H. The summed E-state index contributed by atoms with van der Waals surface area (Å²) < 4.78 is 32.0. The smallest absolute Gasteiger partial charge is 0.220 e. The van der Waals surface area contributed by atoms with Gasteiger partial charge in [0, 0.05) is 16.7 Å². The van der Waals surface area contributed by atoms with Crippen molar-refractivity contribution in [3.63, 3.8) is 0 Å². The predicted molar refractivity (Wildman–Crippen MR) is 63.1 cm³/mol. The van der Waals surface area contributed by atoms with Gasteiger partial charge in [0.25, 0.3) is 0 Å². The minimum absolute atomic E-state index is 0.0189. The van der Waals surface area contributed by atoms with E-state index in [4.69, 9.17) is 10.00 Å². The van der Waals surface area contributed by atoms with E-state index in [-0.39, 0.29) is 11.6 Å². The molecule has 1 aromatic heterocycles. The molecule has 2 rings (SSSR count). The molecule has 6 heteroatoms. The van der Waals surface area contributed by atoms with Crippen LogP contribution in [0, 0.1) is 23.0 Å². The van der Waals surface area contributed by atoms with E-state index >= 15 is 0 Å². The summed E-state index contributed by atoms with van der Waals surface area (Å²) in [6.07, 6.45) is 1.35. The molecule has 0 aliphatic rings. The van der Waals surface area contributed by atoms with Gasteiger partial charge < -0.3 is 4.74 Å². The third-order valence-corrected chi connectivity index (χ3v) is 2.50. The normalized spacial score (nSPS) is 9.89. The molecule has 1 heterocycles. The molecule has 0 N–H and O–H groups in total. The Hall–Kier alpha value is -2.00. The number of hydrogen-bond donors (Lipinski definition) is 0. The molecule has 0 spiro atoms. The average Bonchev–Trinajstić information content (AvgIpc) is 2.35. The molecular formula is C12H5BrF2N2O. The van der Waals surface area contributed by atoms with Crippen molar-refractivity contribution in [2.75, 3.05) is 0 Å². The summed E-state index contributed by atoms with van der Waals surface area (Å²) in [5.74, 6) is -2.42. The highest BCUT2D eigenvalue weighted by atomic mass is 79.9. The third kappa shape index (κ3) is 2.63. The van der Waals surface area contributed by atoms with Crippen LogP contribution in [0.2, 0.25) is 0 Å². The predicted octanol–water partition coefficient (Wildman–Crippen LogP) is 3.79. The quantitative estimate of drug-likeness (QED) is 0.793. The summed E-state index contributed by atoms with van der Waals surface area (Å²) in [7, 11) is 0. The molecule has 0 bridgehead atoms. The van der Waals surface area contributed by atoms with E-state index in [1.807, 2.05) is 6.07 Å². The van der Waals surface area contributed by atoms with Gasteiger partial charge in [0.2, 0.25) is 11.7 Å². The van der Waals surface area contributed by atoms with Gasteiger partial charge >= 0.3 is 0 Å². The molecule has 0 saturated heterocycles. The summed E-state index contributed by atoms with van der Waals surface area (Å²) in [4.78, 5) is 3.81. The Morgan fingerprint density at radius 1 is 1.28 bits per heavy atom. The molecule has 90 valence electrons. The van der Waals surface area contributed by atoms with Gasteiger partial charge in [0.15, 0.2) is 11.6 Å².